The Morgan fingerprint density at radius 1 is 0.470 bits per heavy atom. The second-order valence-electron chi connectivity index (χ2n) is 27.4. The van der Waals surface area contributed by atoms with E-state index in [2.05, 4.69) is 46.2 Å². The fourth-order valence-electron chi connectivity index (χ4n) is 11.6. The molecular weight excluding hydrogens is 1770 g/mol. The minimum absolute atomic E-state index is 0.0238. The lowest BCUT2D eigenvalue weighted by Crippen LogP contribution is -2.41. The molecule has 0 radical (unpaired) electrons. The first-order chi connectivity index (χ1) is 55.3. The summed E-state index contributed by atoms with van der Waals surface area (Å²) in [7, 11) is -13.6. The van der Waals surface area contributed by atoms with E-state index in [9.17, 15) is 53.1 Å². The van der Waals surface area contributed by atoms with Crippen molar-refractivity contribution in [2.45, 2.75) is 112 Å². The number of hydrogen-bond acceptors (Lipinski definition) is 25. The van der Waals surface area contributed by atoms with Crippen molar-refractivity contribution in [1.82, 2.24) is 44.3 Å². The normalized spacial score (nSPS) is 13.2. The SMILES string of the molecule is CC(C)(C)OC(=O)N(c1cscn1)S(=O)(=O)c1cc(Cl)c(F)cc1F.CC(C)(C)OC(=O)N(c1cscn1)S(=O)(=O)c1cc(Cl)c(Oc2ccc(Cl)cc2-c2cnn3c2NCCC3)cc1F.O=S(=O)(Cc1cscn1)c1cc(Cl)c(Oc2ccc(Cl)cc2-c2cnn3c2NCCC3)cc1F.Oc1ccc(Cl)cc1-c1cnn2c1NCCC2. The van der Waals surface area contributed by atoms with Crippen LogP contribution in [0.25, 0.3) is 33.4 Å². The molecular formula is C74H66Cl6F4N14O13S6. The van der Waals surface area contributed by atoms with Gasteiger partial charge in [0.2, 0.25) is 0 Å². The zero-order valence-electron chi connectivity index (χ0n) is 61.9. The standard InChI is InChI=1S/C26H24Cl2FN5O5S2.C22H17Cl2FN4O3S2.C14H13ClF2N2O4S2.C12H12ClN3O/c1-26(2,3)39-25(35)34(23-13-40-14-31-23)41(36,37)22-10-18(28)21(11-19(22)29)38-20-6-5-15(27)9-16(20)17-12-32-33-8-4-7-30-24(17)33;23-13-2-3-19(15(6-13)16-9-28-29-5-1-4-26-22(16)29)32-20-8-18(25)21(7-17(20)24)34(30,31)11-14-10-33-12-27-14;1-14(2,3)23-13(20)19(12-6-24-7-18-12)25(21,22)11-4-8(15)9(16)5-10(11)17;13-8-2-3-11(17)9(6-8)10-7-15-16-5-1-4-14-12(10)16/h5-6,9-14,30H,4,7-8H2,1-3H3;2-3,6-10,12,26H,1,4-5,11H2;4-7H,1-3H3;2-3,6-7,14,17H,1,4-5H2. The van der Waals surface area contributed by atoms with Gasteiger partial charge in [-0.05, 0) is 134 Å². The van der Waals surface area contributed by atoms with Crippen LogP contribution in [0.5, 0.6) is 28.7 Å². The molecule has 4 N–H and O–H groups in total. The summed E-state index contributed by atoms with van der Waals surface area (Å²) in [5.74, 6) is -2.38. The van der Waals surface area contributed by atoms with Crippen LogP contribution < -0.4 is 34.0 Å². The largest absolute Gasteiger partial charge is 0.507 e. The van der Waals surface area contributed by atoms with Crippen LogP contribution in [0.4, 0.5) is 56.2 Å². The van der Waals surface area contributed by atoms with Crippen LogP contribution in [0.1, 0.15) is 66.5 Å². The molecule has 2 amide bonds. The maximum Gasteiger partial charge on any atom is 0.430 e. The molecule has 27 nitrogen and oxygen atoms in total. The number of amides is 2. The van der Waals surface area contributed by atoms with E-state index in [-0.39, 0.29) is 49.0 Å². The monoisotopic (exact) mass is 1840 g/mol. The summed E-state index contributed by atoms with van der Waals surface area (Å²) in [6, 6.07) is 19.6. The molecule has 3 aliphatic heterocycles. The molecule has 12 aromatic rings. The number of halogens is 10. The topological polar surface area (TPSA) is 328 Å². The number of fused-ring (bicyclic) bond motifs is 3. The first-order valence-corrected chi connectivity index (χ1v) is 44.4. The van der Waals surface area contributed by atoms with Crippen LogP contribution in [0.3, 0.4) is 0 Å². The molecule has 0 unspecified atom stereocenters. The van der Waals surface area contributed by atoms with Gasteiger partial charge in [-0.25, -0.2) is 81.4 Å². The predicted molar refractivity (Wildman–Crippen MR) is 442 cm³/mol. The Hall–Kier alpha value is -9.51. The van der Waals surface area contributed by atoms with Gasteiger partial charge in [-0.2, -0.15) is 15.3 Å². The quantitative estimate of drug-likeness (QED) is 0.0516. The molecule has 0 atom stereocenters. The number of carbonyl (C=O) groups excluding carboxylic acids is 2. The van der Waals surface area contributed by atoms with E-state index in [4.69, 9.17) is 88.6 Å². The number of aromatic hydroxyl groups is 1. The van der Waals surface area contributed by atoms with Gasteiger partial charge in [0, 0.05) is 122 Å². The molecule has 117 heavy (non-hydrogen) atoms. The molecule has 9 heterocycles. The first kappa shape index (κ1) is 86.8. The number of rotatable bonds is 16. The van der Waals surface area contributed by atoms with Crippen molar-refractivity contribution >= 4 is 175 Å². The second-order valence-corrected chi connectivity index (χ2v) is 37.6. The molecule has 0 saturated carbocycles. The summed E-state index contributed by atoms with van der Waals surface area (Å²) in [6.45, 7) is 14.3. The number of anilines is 5. The van der Waals surface area contributed by atoms with Gasteiger partial charge < -0.3 is 40.0 Å². The van der Waals surface area contributed by atoms with Gasteiger partial charge in [-0.1, -0.05) is 69.6 Å². The number of carbonyl (C=O) groups is 2. The Morgan fingerprint density at radius 3 is 1.26 bits per heavy atom. The highest BCUT2D eigenvalue weighted by Gasteiger charge is 2.41. The maximum absolute atomic E-state index is 15.5. The summed E-state index contributed by atoms with van der Waals surface area (Å²) in [6.07, 6.45) is 5.57. The third kappa shape index (κ3) is 20.3. The van der Waals surface area contributed by atoms with Gasteiger partial charge in [0.05, 0.1) is 61.6 Å². The van der Waals surface area contributed by atoms with Crippen molar-refractivity contribution in [2.75, 3.05) is 44.2 Å². The number of sulfone groups is 1. The molecule has 15 rings (SSSR count). The van der Waals surface area contributed by atoms with Crippen LogP contribution in [0.2, 0.25) is 30.1 Å². The lowest BCUT2D eigenvalue weighted by atomic mass is 10.1. The van der Waals surface area contributed by atoms with E-state index < -0.39 is 102 Å². The molecule has 3 aliphatic rings. The van der Waals surface area contributed by atoms with Crippen molar-refractivity contribution in [1.29, 1.82) is 0 Å². The smallest absolute Gasteiger partial charge is 0.430 e. The Balaban J connectivity index is 0.000000150. The predicted octanol–water partition coefficient (Wildman–Crippen LogP) is 20.2. The number of phenols is 1. The lowest BCUT2D eigenvalue weighted by molar-refractivity contribution is 0.0596. The number of aryl methyl sites for hydroxylation is 3. The number of sulfonamides is 2. The van der Waals surface area contributed by atoms with Crippen molar-refractivity contribution in [3.05, 3.63) is 201 Å². The van der Waals surface area contributed by atoms with E-state index in [1.165, 1.54) is 59.4 Å². The van der Waals surface area contributed by atoms with Crippen molar-refractivity contribution in [2.24, 2.45) is 0 Å². The van der Waals surface area contributed by atoms with Crippen molar-refractivity contribution in [3.63, 3.8) is 0 Å². The second kappa shape index (κ2) is 36.0. The van der Waals surface area contributed by atoms with E-state index in [1.807, 2.05) is 14.0 Å². The summed E-state index contributed by atoms with van der Waals surface area (Å²) >= 11 is 40.1. The molecule has 0 fully saturated rings. The van der Waals surface area contributed by atoms with Gasteiger partial charge in [-0.15, -0.1) is 42.6 Å². The number of phenolic OH excluding ortho intramolecular Hbond substituents is 1. The Morgan fingerprint density at radius 2 is 0.846 bits per heavy atom. The average Bonchev–Trinajstić information content (AvgIpc) is 1.25. The number of benzene rings is 6. The van der Waals surface area contributed by atoms with E-state index in [1.54, 1.807) is 99.3 Å². The minimum atomic E-state index is -4.85. The van der Waals surface area contributed by atoms with Gasteiger partial charge in [0.1, 0.15) is 95.4 Å². The zero-order valence-corrected chi connectivity index (χ0v) is 71.4. The highest BCUT2D eigenvalue weighted by Crippen LogP contribution is 2.46. The number of hydrogen-bond donors (Lipinski definition) is 4. The molecule has 0 aliphatic carbocycles. The lowest BCUT2D eigenvalue weighted by Gasteiger charge is -2.26. The third-order valence-electron chi connectivity index (χ3n) is 16.7. The molecule has 616 valence electrons. The summed E-state index contributed by atoms with van der Waals surface area (Å²) < 4.78 is 165. The first-order valence-electron chi connectivity index (χ1n) is 34.7. The average molecular weight is 1840 g/mol. The van der Waals surface area contributed by atoms with Crippen molar-refractivity contribution < 1.29 is 76.5 Å². The number of ether oxygens (including phenoxy) is 4. The van der Waals surface area contributed by atoms with Crippen LogP contribution >= 0.6 is 104 Å². The Bertz CT molecular complexity index is 6060. The Kier molecular flexibility index (Phi) is 26.7. The van der Waals surface area contributed by atoms with Gasteiger partial charge >= 0.3 is 12.2 Å². The van der Waals surface area contributed by atoms with Gasteiger partial charge in [0.25, 0.3) is 20.0 Å². The summed E-state index contributed by atoms with van der Waals surface area (Å²) in [5.41, 5.74) is 6.74. The van der Waals surface area contributed by atoms with E-state index in [0.717, 1.165) is 134 Å². The van der Waals surface area contributed by atoms with Crippen molar-refractivity contribution in [3.8, 4) is 62.1 Å². The number of aromatic nitrogens is 9. The summed E-state index contributed by atoms with van der Waals surface area (Å²) in [5, 5.41) is 37.8. The maximum atomic E-state index is 15.5. The number of thiazole rings is 3. The molecule has 6 aromatic heterocycles. The van der Waals surface area contributed by atoms with Gasteiger partial charge in [0.15, 0.2) is 21.5 Å². The molecule has 43 heteroatoms. The fraction of sp³-hybridized carbons (Fsp3) is 0.243. The third-order valence-corrected chi connectivity index (χ3v) is 25.1. The molecule has 6 aromatic carbocycles. The molecule has 0 bridgehead atoms. The van der Waals surface area contributed by atoms with Crippen LogP contribution in [-0.4, -0.2) is 118 Å². The van der Waals surface area contributed by atoms with Gasteiger partial charge in [-0.3, -0.25) is 0 Å². The zero-order chi connectivity index (χ0) is 84.2. The number of nitrogens with one attached hydrogen (secondary N) is 3. The van der Waals surface area contributed by atoms with E-state index >= 15 is 4.39 Å². The van der Waals surface area contributed by atoms with Crippen LogP contribution in [0.15, 0.2) is 157 Å². The highest BCUT2D eigenvalue weighted by molar-refractivity contribution is 7.94. The summed E-state index contributed by atoms with van der Waals surface area (Å²) in [4.78, 5) is 34.6. The Labute approximate surface area is 709 Å². The van der Waals surface area contributed by atoms with E-state index in [0.29, 0.717) is 65.2 Å². The molecule has 0 spiro atoms. The minimum Gasteiger partial charge on any atom is -0.507 e. The number of nitrogens with zero attached hydrogens (tertiary/aromatic N) is 11. The van der Waals surface area contributed by atoms with Crippen LogP contribution in [0, 0.1) is 23.3 Å². The highest BCUT2D eigenvalue weighted by atomic mass is 35.5. The molecule has 0 saturated heterocycles. The van der Waals surface area contributed by atoms with Crippen LogP contribution in [-0.2, 0) is 64.7 Å². The fourth-order valence-corrected chi connectivity index (χ4v) is 18.8.